The van der Waals surface area contributed by atoms with E-state index in [0.717, 1.165) is 0 Å². The Labute approximate surface area is 145 Å². The van der Waals surface area contributed by atoms with E-state index < -0.39 is 10.0 Å². The molecular weight excluding hydrogens is 352 g/mol. The standard InChI is InChI=1S/C16H15ClN2O4S/c1-11(20)12-3-2-4-15(7-12)24(21,22)19-9-14(10-19)23-16-6-5-13(17)8-18-16/h2-8,14H,9-10H2,1H3. The Bertz CT molecular complexity index is 862. The largest absolute Gasteiger partial charge is 0.472 e. The highest BCUT2D eigenvalue weighted by atomic mass is 35.5. The van der Waals surface area contributed by atoms with Crippen LogP contribution in [0.1, 0.15) is 17.3 Å². The lowest BCUT2D eigenvalue weighted by atomic mass is 10.2. The smallest absolute Gasteiger partial charge is 0.243 e. The average Bonchev–Trinajstić information content (AvgIpc) is 2.52. The van der Waals surface area contributed by atoms with Crippen molar-refractivity contribution >= 4 is 27.4 Å². The third kappa shape index (κ3) is 3.43. The third-order valence-electron chi connectivity index (χ3n) is 3.68. The van der Waals surface area contributed by atoms with Gasteiger partial charge in [-0.3, -0.25) is 4.79 Å². The summed E-state index contributed by atoms with van der Waals surface area (Å²) < 4.78 is 32.0. The van der Waals surface area contributed by atoms with Crippen LogP contribution < -0.4 is 4.74 Å². The number of carbonyl (C=O) groups excluding carboxylic acids is 1. The van der Waals surface area contributed by atoms with Crippen molar-refractivity contribution in [3.63, 3.8) is 0 Å². The zero-order chi connectivity index (χ0) is 17.3. The Morgan fingerprint density at radius 2 is 2.04 bits per heavy atom. The number of carbonyl (C=O) groups is 1. The third-order valence-corrected chi connectivity index (χ3v) is 5.73. The van der Waals surface area contributed by atoms with E-state index in [4.69, 9.17) is 16.3 Å². The molecule has 0 bridgehead atoms. The molecule has 3 rings (SSSR count). The number of sulfonamides is 1. The molecule has 0 aliphatic carbocycles. The molecule has 1 aliphatic heterocycles. The van der Waals surface area contributed by atoms with Crippen LogP contribution in [-0.2, 0) is 10.0 Å². The van der Waals surface area contributed by atoms with Gasteiger partial charge in [0, 0.05) is 17.8 Å². The molecule has 0 spiro atoms. The molecule has 0 unspecified atom stereocenters. The molecule has 24 heavy (non-hydrogen) atoms. The van der Waals surface area contributed by atoms with Gasteiger partial charge in [-0.1, -0.05) is 23.7 Å². The molecule has 126 valence electrons. The fourth-order valence-corrected chi connectivity index (χ4v) is 3.96. The zero-order valence-corrected chi connectivity index (χ0v) is 14.4. The first-order valence-corrected chi connectivity index (χ1v) is 9.07. The SMILES string of the molecule is CC(=O)c1cccc(S(=O)(=O)N2CC(Oc3ccc(Cl)cn3)C2)c1. The van der Waals surface area contributed by atoms with Crippen LogP contribution >= 0.6 is 11.6 Å². The van der Waals surface area contributed by atoms with Gasteiger partial charge in [-0.2, -0.15) is 4.31 Å². The molecule has 8 heteroatoms. The van der Waals surface area contributed by atoms with Crippen LogP contribution in [0.4, 0.5) is 0 Å². The highest BCUT2D eigenvalue weighted by molar-refractivity contribution is 7.89. The second-order valence-electron chi connectivity index (χ2n) is 5.46. The monoisotopic (exact) mass is 366 g/mol. The summed E-state index contributed by atoms with van der Waals surface area (Å²) in [5, 5.41) is 0.505. The molecule has 0 amide bonds. The van der Waals surface area contributed by atoms with Crippen LogP contribution in [0.3, 0.4) is 0 Å². The molecule has 0 saturated carbocycles. The van der Waals surface area contributed by atoms with Crippen LogP contribution in [0.2, 0.25) is 5.02 Å². The maximum absolute atomic E-state index is 12.6. The van der Waals surface area contributed by atoms with Gasteiger partial charge in [0.15, 0.2) is 5.78 Å². The zero-order valence-electron chi connectivity index (χ0n) is 12.8. The number of ketones is 1. The summed E-state index contributed by atoms with van der Waals surface area (Å²) in [6.07, 6.45) is 1.21. The maximum Gasteiger partial charge on any atom is 0.243 e. The van der Waals surface area contributed by atoms with E-state index in [1.807, 2.05) is 0 Å². The van der Waals surface area contributed by atoms with Gasteiger partial charge in [0.05, 0.1) is 23.0 Å². The van der Waals surface area contributed by atoms with E-state index in [-0.39, 0.29) is 29.9 Å². The fraction of sp³-hybridized carbons (Fsp3) is 0.250. The van der Waals surface area contributed by atoms with E-state index in [9.17, 15) is 13.2 Å². The quantitative estimate of drug-likeness (QED) is 0.759. The fourth-order valence-electron chi connectivity index (χ4n) is 2.30. The van der Waals surface area contributed by atoms with Gasteiger partial charge in [0.1, 0.15) is 6.10 Å². The lowest BCUT2D eigenvalue weighted by Gasteiger charge is -2.37. The first-order valence-electron chi connectivity index (χ1n) is 7.25. The van der Waals surface area contributed by atoms with E-state index in [2.05, 4.69) is 4.98 Å². The van der Waals surface area contributed by atoms with Crippen molar-refractivity contribution < 1.29 is 17.9 Å². The first kappa shape index (κ1) is 16.9. The summed E-state index contributed by atoms with van der Waals surface area (Å²) in [7, 11) is -3.63. The van der Waals surface area contributed by atoms with Crippen LogP contribution in [0.15, 0.2) is 47.5 Å². The topological polar surface area (TPSA) is 76.6 Å². The van der Waals surface area contributed by atoms with Crippen molar-refractivity contribution in [2.45, 2.75) is 17.9 Å². The van der Waals surface area contributed by atoms with Crippen LogP contribution in [0, 0.1) is 0 Å². The predicted octanol–water partition coefficient (Wildman–Crippen LogP) is 2.39. The number of nitrogens with zero attached hydrogens (tertiary/aromatic N) is 2. The van der Waals surface area contributed by atoms with Crippen LogP contribution in [0.5, 0.6) is 5.88 Å². The van der Waals surface area contributed by atoms with Gasteiger partial charge in [-0.05, 0) is 25.1 Å². The summed E-state index contributed by atoms with van der Waals surface area (Å²) in [6, 6.07) is 9.33. The first-order chi connectivity index (χ1) is 11.4. The number of pyridine rings is 1. The average molecular weight is 367 g/mol. The number of aromatic nitrogens is 1. The molecule has 6 nitrogen and oxygen atoms in total. The number of hydrogen-bond donors (Lipinski definition) is 0. The van der Waals surface area contributed by atoms with Gasteiger partial charge in [0.2, 0.25) is 15.9 Å². The Balaban J connectivity index is 1.67. The second kappa shape index (κ2) is 6.51. The Morgan fingerprint density at radius 1 is 1.29 bits per heavy atom. The van der Waals surface area contributed by atoms with Crippen LogP contribution in [-0.4, -0.2) is 42.7 Å². The van der Waals surface area contributed by atoms with Crippen molar-refractivity contribution in [2.24, 2.45) is 0 Å². The maximum atomic E-state index is 12.6. The highest BCUT2D eigenvalue weighted by Crippen LogP contribution is 2.25. The summed E-state index contributed by atoms with van der Waals surface area (Å²) in [4.78, 5) is 15.5. The van der Waals surface area contributed by atoms with Crippen molar-refractivity contribution in [1.29, 1.82) is 0 Å². The Morgan fingerprint density at radius 3 is 2.67 bits per heavy atom. The highest BCUT2D eigenvalue weighted by Gasteiger charge is 2.38. The lowest BCUT2D eigenvalue weighted by molar-refractivity contribution is 0.0721. The van der Waals surface area contributed by atoms with Crippen molar-refractivity contribution in [1.82, 2.24) is 9.29 Å². The Hall–Kier alpha value is -1.96. The molecule has 1 fully saturated rings. The van der Waals surface area contributed by atoms with Gasteiger partial charge < -0.3 is 4.74 Å². The number of rotatable bonds is 5. The van der Waals surface area contributed by atoms with Crippen molar-refractivity contribution in [3.8, 4) is 5.88 Å². The normalized spacial score (nSPS) is 15.8. The molecule has 0 radical (unpaired) electrons. The minimum atomic E-state index is -3.63. The molecule has 1 saturated heterocycles. The summed E-state index contributed by atoms with van der Waals surface area (Å²) in [5.74, 6) is 0.228. The number of benzene rings is 1. The van der Waals surface area contributed by atoms with Crippen molar-refractivity contribution in [3.05, 3.63) is 53.2 Å². The van der Waals surface area contributed by atoms with Gasteiger partial charge in [0.25, 0.3) is 0 Å². The molecule has 2 aromatic rings. The molecule has 1 aromatic heterocycles. The number of ether oxygens (including phenoxy) is 1. The number of hydrogen-bond acceptors (Lipinski definition) is 5. The number of Topliss-reactive ketones (excluding diaryl/α,β-unsaturated/α-hetero) is 1. The van der Waals surface area contributed by atoms with Crippen LogP contribution in [0.25, 0.3) is 0 Å². The minimum Gasteiger partial charge on any atom is -0.472 e. The summed E-state index contributed by atoms with van der Waals surface area (Å²) >= 11 is 5.75. The summed E-state index contributed by atoms with van der Waals surface area (Å²) in [5.41, 5.74) is 0.370. The molecular formula is C16H15ClN2O4S. The van der Waals surface area contributed by atoms with Gasteiger partial charge >= 0.3 is 0 Å². The lowest BCUT2D eigenvalue weighted by Crippen LogP contribution is -2.56. The number of halogens is 1. The van der Waals surface area contributed by atoms with Gasteiger partial charge in [-0.15, -0.1) is 0 Å². The predicted molar refractivity (Wildman–Crippen MR) is 88.9 cm³/mol. The summed E-state index contributed by atoms with van der Waals surface area (Å²) in [6.45, 7) is 1.87. The van der Waals surface area contributed by atoms with E-state index in [0.29, 0.717) is 16.5 Å². The molecule has 2 heterocycles. The van der Waals surface area contributed by atoms with Gasteiger partial charge in [-0.25, -0.2) is 13.4 Å². The Kier molecular flexibility index (Phi) is 4.58. The molecule has 0 atom stereocenters. The molecule has 1 aliphatic rings. The minimum absolute atomic E-state index is 0.110. The molecule has 1 aromatic carbocycles. The molecule has 0 N–H and O–H groups in total. The van der Waals surface area contributed by atoms with E-state index in [1.54, 1.807) is 24.3 Å². The van der Waals surface area contributed by atoms with E-state index >= 15 is 0 Å². The second-order valence-corrected chi connectivity index (χ2v) is 7.83. The van der Waals surface area contributed by atoms with E-state index in [1.165, 1.54) is 29.6 Å². The van der Waals surface area contributed by atoms with Crippen molar-refractivity contribution in [2.75, 3.05) is 13.1 Å².